The van der Waals surface area contributed by atoms with Gasteiger partial charge in [-0.25, -0.2) is 9.07 Å². The zero-order valence-corrected chi connectivity index (χ0v) is 20.9. The van der Waals surface area contributed by atoms with Gasteiger partial charge in [0, 0.05) is 18.8 Å². The van der Waals surface area contributed by atoms with Crippen molar-refractivity contribution < 1.29 is 23.5 Å². The standard InChI is InChI=1S/C28H28FN5O4/c1-37-22-10-4-7-19(15-22)27(28(36)30-17-23-11-6-14-38-23)34(21-9-5-8-20(29)16-21)26(35)18-33-25-13-3-2-12-24(25)31-32-33/h2-5,7-10,12-13,15-16,23,27H,6,11,14,17-18H2,1H3,(H,30,36)/t23-,27-/m0/s1. The Hall–Kier alpha value is -4.31. The number of nitrogens with one attached hydrogen (secondary N) is 1. The second-order valence-corrected chi connectivity index (χ2v) is 9.04. The van der Waals surface area contributed by atoms with Crippen molar-refractivity contribution in [3.05, 3.63) is 84.2 Å². The Morgan fingerprint density at radius 2 is 2.00 bits per heavy atom. The zero-order chi connectivity index (χ0) is 26.5. The van der Waals surface area contributed by atoms with E-state index < -0.39 is 23.7 Å². The lowest BCUT2D eigenvalue weighted by Crippen LogP contribution is -2.46. The highest BCUT2D eigenvalue weighted by Crippen LogP contribution is 2.31. The molecular weight excluding hydrogens is 489 g/mol. The molecule has 9 nitrogen and oxygen atoms in total. The van der Waals surface area contributed by atoms with E-state index in [1.54, 1.807) is 36.4 Å². The van der Waals surface area contributed by atoms with Gasteiger partial charge in [0.05, 0.1) is 18.7 Å². The van der Waals surface area contributed by atoms with Crippen molar-refractivity contribution in [1.29, 1.82) is 0 Å². The maximum Gasteiger partial charge on any atom is 0.249 e. The average Bonchev–Trinajstić information content (AvgIpc) is 3.60. The van der Waals surface area contributed by atoms with Crippen LogP contribution in [0.5, 0.6) is 5.75 Å². The summed E-state index contributed by atoms with van der Waals surface area (Å²) < 4.78 is 26.9. The number of nitrogens with zero attached hydrogens (tertiary/aromatic N) is 4. The Bertz CT molecular complexity index is 1440. The predicted molar refractivity (Wildman–Crippen MR) is 139 cm³/mol. The summed E-state index contributed by atoms with van der Waals surface area (Å²) in [6.45, 7) is 0.744. The monoisotopic (exact) mass is 517 g/mol. The van der Waals surface area contributed by atoms with Gasteiger partial charge in [0.25, 0.3) is 0 Å². The number of aromatic nitrogens is 3. The van der Waals surface area contributed by atoms with Crippen LogP contribution in [0.25, 0.3) is 11.0 Å². The van der Waals surface area contributed by atoms with Gasteiger partial charge in [-0.3, -0.25) is 14.5 Å². The van der Waals surface area contributed by atoms with Gasteiger partial charge < -0.3 is 14.8 Å². The van der Waals surface area contributed by atoms with Crippen molar-refractivity contribution in [3.63, 3.8) is 0 Å². The van der Waals surface area contributed by atoms with E-state index >= 15 is 0 Å². The van der Waals surface area contributed by atoms with Crippen LogP contribution in [0.3, 0.4) is 0 Å². The molecule has 1 aliphatic rings. The van der Waals surface area contributed by atoms with Crippen molar-refractivity contribution >= 4 is 28.5 Å². The maximum absolute atomic E-state index is 14.4. The molecule has 5 rings (SSSR count). The molecule has 0 bridgehead atoms. The molecule has 3 aromatic carbocycles. The predicted octanol–water partition coefficient (Wildman–Crippen LogP) is 3.65. The van der Waals surface area contributed by atoms with E-state index in [9.17, 15) is 14.0 Å². The number of fused-ring (bicyclic) bond motifs is 1. The minimum absolute atomic E-state index is 0.0928. The molecule has 0 unspecified atom stereocenters. The van der Waals surface area contributed by atoms with E-state index in [2.05, 4.69) is 15.6 Å². The molecule has 0 spiro atoms. The number of carbonyl (C=O) groups is 2. The number of anilines is 1. The molecule has 0 aliphatic carbocycles. The summed E-state index contributed by atoms with van der Waals surface area (Å²) >= 11 is 0. The second kappa shape index (κ2) is 11.4. The third-order valence-electron chi connectivity index (χ3n) is 6.50. The van der Waals surface area contributed by atoms with Crippen LogP contribution in [0.15, 0.2) is 72.8 Å². The fraction of sp³-hybridized carbons (Fsp3) is 0.286. The number of halogens is 1. The number of ether oxygens (including phenoxy) is 2. The molecule has 10 heteroatoms. The van der Waals surface area contributed by atoms with Crippen molar-refractivity contribution in [2.45, 2.75) is 31.5 Å². The van der Waals surface area contributed by atoms with Crippen molar-refractivity contribution in [2.75, 3.05) is 25.2 Å². The first-order valence-corrected chi connectivity index (χ1v) is 12.4. The van der Waals surface area contributed by atoms with E-state index in [0.717, 1.165) is 12.8 Å². The van der Waals surface area contributed by atoms with E-state index in [1.165, 1.54) is 34.9 Å². The van der Waals surface area contributed by atoms with Gasteiger partial charge in [-0.15, -0.1) is 5.10 Å². The highest BCUT2D eigenvalue weighted by atomic mass is 19.1. The Labute approximate surface area is 219 Å². The quantitative estimate of drug-likeness (QED) is 0.364. The normalized spacial score (nSPS) is 15.8. The van der Waals surface area contributed by atoms with Crippen LogP contribution < -0.4 is 15.0 Å². The fourth-order valence-electron chi connectivity index (χ4n) is 4.65. The van der Waals surface area contributed by atoms with E-state index in [-0.39, 0.29) is 18.3 Å². The van der Waals surface area contributed by atoms with Crippen molar-refractivity contribution in [2.24, 2.45) is 0 Å². The van der Waals surface area contributed by atoms with Crippen LogP contribution in [0, 0.1) is 5.82 Å². The molecule has 1 saturated heterocycles. The lowest BCUT2D eigenvalue weighted by atomic mass is 10.0. The molecule has 1 N–H and O–H groups in total. The highest BCUT2D eigenvalue weighted by molar-refractivity contribution is 6.01. The summed E-state index contributed by atoms with van der Waals surface area (Å²) in [6.07, 6.45) is 1.68. The minimum atomic E-state index is -1.12. The maximum atomic E-state index is 14.4. The molecule has 196 valence electrons. The second-order valence-electron chi connectivity index (χ2n) is 9.04. The van der Waals surface area contributed by atoms with Gasteiger partial charge >= 0.3 is 0 Å². The highest BCUT2D eigenvalue weighted by Gasteiger charge is 2.34. The average molecular weight is 518 g/mol. The number of amides is 2. The molecule has 2 heterocycles. The SMILES string of the molecule is COc1cccc([C@@H](C(=O)NC[C@@H]2CCCO2)N(C(=O)Cn2nnc3ccccc32)c2cccc(F)c2)c1. The molecule has 2 atom stereocenters. The fourth-order valence-corrected chi connectivity index (χ4v) is 4.65. The van der Waals surface area contributed by atoms with Gasteiger partial charge in [-0.05, 0) is 60.9 Å². The van der Waals surface area contributed by atoms with Gasteiger partial charge in [0.1, 0.15) is 29.7 Å². The largest absolute Gasteiger partial charge is 0.497 e. The Kier molecular flexibility index (Phi) is 7.60. The molecule has 0 saturated carbocycles. The Balaban J connectivity index is 1.55. The summed E-state index contributed by atoms with van der Waals surface area (Å²) in [7, 11) is 1.52. The summed E-state index contributed by atoms with van der Waals surface area (Å²) in [4.78, 5) is 29.1. The van der Waals surface area contributed by atoms with Gasteiger partial charge in [-0.2, -0.15) is 0 Å². The van der Waals surface area contributed by atoms with E-state index in [1.807, 2.05) is 18.2 Å². The molecule has 1 aliphatic heterocycles. The smallest absolute Gasteiger partial charge is 0.249 e. The first kappa shape index (κ1) is 25.3. The summed E-state index contributed by atoms with van der Waals surface area (Å²) in [5.41, 5.74) is 2.05. The third kappa shape index (κ3) is 5.50. The molecule has 38 heavy (non-hydrogen) atoms. The summed E-state index contributed by atoms with van der Waals surface area (Å²) in [5, 5.41) is 11.2. The molecule has 0 radical (unpaired) electrons. The number of hydrogen-bond donors (Lipinski definition) is 1. The van der Waals surface area contributed by atoms with Crippen LogP contribution in [0.4, 0.5) is 10.1 Å². The zero-order valence-electron chi connectivity index (χ0n) is 20.9. The minimum Gasteiger partial charge on any atom is -0.497 e. The molecular formula is C28H28FN5O4. The van der Waals surface area contributed by atoms with Gasteiger partial charge in [0.15, 0.2) is 0 Å². The lowest BCUT2D eigenvalue weighted by molar-refractivity contribution is -0.127. The van der Waals surface area contributed by atoms with E-state index in [0.29, 0.717) is 35.5 Å². The molecule has 1 aromatic heterocycles. The molecule has 4 aromatic rings. The molecule has 1 fully saturated rings. The number of para-hydroxylation sites is 1. The van der Waals surface area contributed by atoms with Crippen LogP contribution in [0.2, 0.25) is 0 Å². The Morgan fingerprint density at radius 3 is 2.79 bits per heavy atom. The number of hydrogen-bond acceptors (Lipinski definition) is 6. The van der Waals surface area contributed by atoms with Crippen molar-refractivity contribution in [3.8, 4) is 5.75 Å². The van der Waals surface area contributed by atoms with Crippen LogP contribution in [0.1, 0.15) is 24.4 Å². The molecule has 2 amide bonds. The lowest BCUT2D eigenvalue weighted by Gasteiger charge is -2.32. The van der Waals surface area contributed by atoms with Gasteiger partial charge in [0.2, 0.25) is 11.8 Å². The summed E-state index contributed by atoms with van der Waals surface area (Å²) in [6, 6.07) is 18.7. The number of carbonyl (C=O) groups excluding carboxylic acids is 2. The first-order valence-electron chi connectivity index (χ1n) is 12.4. The first-order chi connectivity index (χ1) is 18.5. The number of rotatable bonds is 9. The van der Waals surface area contributed by atoms with Crippen molar-refractivity contribution in [1.82, 2.24) is 20.3 Å². The number of benzene rings is 3. The van der Waals surface area contributed by atoms with Crippen LogP contribution in [-0.4, -0.2) is 53.2 Å². The van der Waals surface area contributed by atoms with Crippen LogP contribution >= 0.6 is 0 Å². The van der Waals surface area contributed by atoms with E-state index in [4.69, 9.17) is 9.47 Å². The summed E-state index contributed by atoms with van der Waals surface area (Å²) in [5.74, 6) is -0.898. The van der Waals surface area contributed by atoms with Gasteiger partial charge in [-0.1, -0.05) is 35.5 Å². The third-order valence-corrected chi connectivity index (χ3v) is 6.50. The van der Waals surface area contributed by atoms with Crippen LogP contribution in [-0.2, 0) is 20.9 Å². The topological polar surface area (TPSA) is 98.6 Å². The number of methoxy groups -OCH3 is 1. The Morgan fingerprint density at radius 1 is 1.16 bits per heavy atom.